The van der Waals surface area contributed by atoms with E-state index in [0.717, 1.165) is 36.1 Å². The standard InChI is InChI=1S/C22H25N3O5S/c26-22(23-15-14-18-8-3-1-4-9-18)17-24(19-10-7-11-20(16-19)25(27)28)31(29,30)21-12-5-2-6-13-21/h2,5-8,10-13,16H,1,3-4,9,14-15,17H2,(H,23,26). The van der Waals surface area contributed by atoms with Crippen LogP contribution in [0.1, 0.15) is 32.1 Å². The van der Waals surface area contributed by atoms with Crippen molar-refractivity contribution in [3.05, 3.63) is 76.4 Å². The molecule has 0 saturated carbocycles. The second-order valence-corrected chi connectivity index (χ2v) is 9.17. The number of sulfonamides is 1. The van der Waals surface area contributed by atoms with Crippen molar-refractivity contribution >= 4 is 27.3 Å². The molecule has 2 aromatic carbocycles. The second-order valence-electron chi connectivity index (χ2n) is 7.31. The highest BCUT2D eigenvalue weighted by atomic mass is 32.2. The van der Waals surface area contributed by atoms with Crippen LogP contribution >= 0.6 is 0 Å². The van der Waals surface area contributed by atoms with E-state index in [4.69, 9.17) is 0 Å². The fourth-order valence-electron chi connectivity index (χ4n) is 3.48. The SMILES string of the molecule is O=C(CN(c1cccc([N+](=O)[O-])c1)S(=O)(=O)c1ccccc1)NCCC1=CCCCC1. The first-order chi connectivity index (χ1) is 14.9. The summed E-state index contributed by atoms with van der Waals surface area (Å²) in [6, 6.07) is 13.0. The maximum absolute atomic E-state index is 13.2. The predicted octanol–water partition coefficient (Wildman–Crippen LogP) is 3.80. The van der Waals surface area contributed by atoms with Crippen molar-refractivity contribution in [2.75, 3.05) is 17.4 Å². The molecule has 0 spiro atoms. The van der Waals surface area contributed by atoms with Crippen molar-refractivity contribution in [3.8, 4) is 0 Å². The van der Waals surface area contributed by atoms with Crippen LogP contribution in [0.25, 0.3) is 0 Å². The van der Waals surface area contributed by atoms with Crippen molar-refractivity contribution in [1.82, 2.24) is 5.32 Å². The van der Waals surface area contributed by atoms with Gasteiger partial charge in [-0.3, -0.25) is 19.2 Å². The van der Waals surface area contributed by atoms with Crippen LogP contribution in [0.15, 0.2) is 71.1 Å². The molecule has 0 atom stereocenters. The number of carbonyl (C=O) groups excluding carboxylic acids is 1. The largest absolute Gasteiger partial charge is 0.354 e. The third-order valence-corrected chi connectivity index (χ3v) is 6.89. The van der Waals surface area contributed by atoms with Crippen LogP contribution in [0.3, 0.4) is 0 Å². The molecule has 1 aliphatic rings. The number of non-ortho nitro benzene ring substituents is 1. The second kappa shape index (κ2) is 10.2. The average Bonchev–Trinajstić information content (AvgIpc) is 2.79. The minimum atomic E-state index is -4.10. The molecule has 0 saturated heterocycles. The van der Waals surface area contributed by atoms with E-state index >= 15 is 0 Å². The van der Waals surface area contributed by atoms with Gasteiger partial charge < -0.3 is 5.32 Å². The smallest absolute Gasteiger partial charge is 0.271 e. The van der Waals surface area contributed by atoms with Crippen molar-refractivity contribution in [1.29, 1.82) is 0 Å². The number of nitro groups is 1. The zero-order valence-corrected chi connectivity index (χ0v) is 17.9. The van der Waals surface area contributed by atoms with Gasteiger partial charge in [-0.25, -0.2) is 8.42 Å². The Hall–Kier alpha value is -3.20. The predicted molar refractivity (Wildman–Crippen MR) is 118 cm³/mol. The topological polar surface area (TPSA) is 110 Å². The molecule has 1 amide bonds. The third-order valence-electron chi connectivity index (χ3n) is 5.10. The van der Waals surface area contributed by atoms with Gasteiger partial charge in [0.25, 0.3) is 15.7 Å². The van der Waals surface area contributed by atoms with Crippen LogP contribution in [0.4, 0.5) is 11.4 Å². The number of anilines is 1. The average molecular weight is 444 g/mol. The number of nitrogens with zero attached hydrogens (tertiary/aromatic N) is 2. The minimum Gasteiger partial charge on any atom is -0.354 e. The molecule has 164 valence electrons. The number of rotatable bonds is 9. The highest BCUT2D eigenvalue weighted by Crippen LogP contribution is 2.27. The lowest BCUT2D eigenvalue weighted by atomic mass is 9.97. The Bertz CT molecular complexity index is 1070. The Morgan fingerprint density at radius 1 is 1.10 bits per heavy atom. The summed E-state index contributed by atoms with van der Waals surface area (Å²) in [5.74, 6) is -0.470. The molecule has 0 heterocycles. The highest BCUT2D eigenvalue weighted by Gasteiger charge is 2.28. The van der Waals surface area contributed by atoms with E-state index in [2.05, 4.69) is 11.4 Å². The Morgan fingerprint density at radius 3 is 2.55 bits per heavy atom. The summed E-state index contributed by atoms with van der Waals surface area (Å²) in [4.78, 5) is 23.2. The van der Waals surface area contributed by atoms with Crippen LogP contribution in [-0.2, 0) is 14.8 Å². The van der Waals surface area contributed by atoms with Crippen molar-refractivity contribution in [3.63, 3.8) is 0 Å². The first kappa shape index (κ1) is 22.5. The maximum Gasteiger partial charge on any atom is 0.271 e. The summed E-state index contributed by atoms with van der Waals surface area (Å²) in [6.45, 7) is -0.0593. The van der Waals surface area contributed by atoms with E-state index < -0.39 is 27.4 Å². The molecular formula is C22H25N3O5S. The number of hydrogen-bond acceptors (Lipinski definition) is 5. The molecular weight excluding hydrogens is 418 g/mol. The lowest BCUT2D eigenvalue weighted by Gasteiger charge is -2.24. The number of benzene rings is 2. The number of hydrogen-bond donors (Lipinski definition) is 1. The molecule has 3 rings (SSSR count). The van der Waals surface area contributed by atoms with Gasteiger partial charge in [0, 0.05) is 18.7 Å². The first-order valence-electron chi connectivity index (χ1n) is 10.1. The Morgan fingerprint density at radius 2 is 1.87 bits per heavy atom. The zero-order valence-electron chi connectivity index (χ0n) is 17.1. The van der Waals surface area contributed by atoms with Crippen LogP contribution in [0, 0.1) is 10.1 Å². The number of carbonyl (C=O) groups is 1. The van der Waals surface area contributed by atoms with Gasteiger partial charge in [-0.15, -0.1) is 0 Å². The van der Waals surface area contributed by atoms with Crippen LogP contribution in [0.2, 0.25) is 0 Å². The van der Waals surface area contributed by atoms with Gasteiger partial charge in [-0.05, 0) is 50.3 Å². The molecule has 31 heavy (non-hydrogen) atoms. The van der Waals surface area contributed by atoms with Gasteiger partial charge in [0.1, 0.15) is 6.54 Å². The van der Waals surface area contributed by atoms with Crippen LogP contribution in [0.5, 0.6) is 0 Å². The number of nitrogens with one attached hydrogen (secondary N) is 1. The monoisotopic (exact) mass is 443 g/mol. The Balaban J connectivity index is 1.80. The van der Waals surface area contributed by atoms with E-state index in [-0.39, 0.29) is 16.3 Å². The van der Waals surface area contributed by atoms with Gasteiger partial charge in [0.15, 0.2) is 0 Å². The fourth-order valence-corrected chi connectivity index (χ4v) is 4.91. The molecule has 1 N–H and O–H groups in total. The maximum atomic E-state index is 13.2. The van der Waals surface area contributed by atoms with E-state index in [1.807, 2.05) is 0 Å². The minimum absolute atomic E-state index is 0.00154. The molecule has 0 aromatic heterocycles. The van der Waals surface area contributed by atoms with Crippen molar-refractivity contribution in [2.24, 2.45) is 0 Å². The van der Waals surface area contributed by atoms with E-state index in [1.54, 1.807) is 18.2 Å². The van der Waals surface area contributed by atoms with Gasteiger partial charge in [-0.1, -0.05) is 35.9 Å². The van der Waals surface area contributed by atoms with Crippen LogP contribution in [-0.4, -0.2) is 32.3 Å². The zero-order chi connectivity index (χ0) is 22.3. The van der Waals surface area contributed by atoms with Gasteiger partial charge in [-0.2, -0.15) is 0 Å². The Labute approximate surface area is 181 Å². The van der Waals surface area contributed by atoms with Gasteiger partial charge >= 0.3 is 0 Å². The molecule has 1 aliphatic carbocycles. The number of allylic oxidation sites excluding steroid dienone is 1. The highest BCUT2D eigenvalue weighted by molar-refractivity contribution is 7.92. The van der Waals surface area contributed by atoms with Crippen molar-refractivity contribution in [2.45, 2.75) is 37.0 Å². The third kappa shape index (κ3) is 5.91. The molecule has 2 aromatic rings. The molecule has 0 fully saturated rings. The van der Waals surface area contributed by atoms with Gasteiger partial charge in [0.05, 0.1) is 15.5 Å². The molecule has 0 unspecified atom stereocenters. The molecule has 0 radical (unpaired) electrons. The van der Waals surface area contributed by atoms with E-state index in [0.29, 0.717) is 6.54 Å². The molecule has 0 aliphatic heterocycles. The molecule has 8 nitrogen and oxygen atoms in total. The summed E-state index contributed by atoms with van der Waals surface area (Å²) in [5, 5.41) is 13.9. The lowest BCUT2D eigenvalue weighted by Crippen LogP contribution is -2.41. The van der Waals surface area contributed by atoms with E-state index in [9.17, 15) is 23.3 Å². The van der Waals surface area contributed by atoms with Crippen molar-refractivity contribution < 1.29 is 18.1 Å². The van der Waals surface area contributed by atoms with Crippen LogP contribution < -0.4 is 9.62 Å². The normalized spacial score (nSPS) is 13.9. The first-order valence-corrected chi connectivity index (χ1v) is 11.6. The summed E-state index contributed by atoms with van der Waals surface area (Å²) < 4.78 is 27.4. The number of nitro benzene ring substituents is 1. The van der Waals surface area contributed by atoms with Gasteiger partial charge in [0.2, 0.25) is 5.91 Å². The summed E-state index contributed by atoms with van der Waals surface area (Å²) in [5.41, 5.74) is 1.11. The summed E-state index contributed by atoms with van der Waals surface area (Å²) in [7, 11) is -4.10. The summed E-state index contributed by atoms with van der Waals surface area (Å²) in [6.07, 6.45) is 7.34. The summed E-state index contributed by atoms with van der Waals surface area (Å²) >= 11 is 0. The molecule has 9 heteroatoms. The quantitative estimate of drug-likeness (QED) is 0.360. The Kier molecular flexibility index (Phi) is 7.41. The molecule has 0 bridgehead atoms. The van der Waals surface area contributed by atoms with E-state index in [1.165, 1.54) is 42.3 Å². The lowest BCUT2D eigenvalue weighted by molar-refractivity contribution is -0.384. The fraction of sp³-hybridized carbons (Fsp3) is 0.318. The number of amides is 1.